The van der Waals surface area contributed by atoms with Crippen molar-refractivity contribution in [3.05, 3.63) is 29.3 Å². The van der Waals surface area contributed by atoms with E-state index in [9.17, 15) is 14.4 Å². The van der Waals surface area contributed by atoms with Gasteiger partial charge in [-0.2, -0.15) is 0 Å². The number of carbonyl (C=O) groups is 3. The third kappa shape index (κ3) is 3.00. The molecule has 0 saturated carbocycles. The van der Waals surface area contributed by atoms with Crippen molar-refractivity contribution in [2.45, 2.75) is 44.4 Å². The number of benzene rings is 1. The molecular formula is C18H21N3O4. The summed E-state index contributed by atoms with van der Waals surface area (Å²) in [5.41, 5.74) is 1.44. The normalized spacial score (nSPS) is 24.2. The van der Waals surface area contributed by atoms with Gasteiger partial charge >= 0.3 is 0 Å². The Morgan fingerprint density at radius 3 is 2.64 bits per heavy atom. The molecule has 0 aliphatic carbocycles. The highest BCUT2D eigenvalue weighted by Crippen LogP contribution is 2.34. The van der Waals surface area contributed by atoms with E-state index in [1.54, 1.807) is 11.0 Å². The van der Waals surface area contributed by atoms with Gasteiger partial charge in [-0.05, 0) is 44.5 Å². The number of imide groups is 1. The number of ether oxygens (including phenoxy) is 1. The summed E-state index contributed by atoms with van der Waals surface area (Å²) in [7, 11) is 0. The predicted molar refractivity (Wildman–Crippen MR) is 89.0 cm³/mol. The molecule has 2 N–H and O–H groups in total. The first-order chi connectivity index (χ1) is 12.1. The lowest BCUT2D eigenvalue weighted by Gasteiger charge is -2.29. The van der Waals surface area contributed by atoms with Gasteiger partial charge in [-0.1, -0.05) is 6.07 Å². The van der Waals surface area contributed by atoms with E-state index in [-0.39, 0.29) is 24.3 Å². The number of nitrogens with zero attached hydrogens (tertiary/aromatic N) is 1. The number of rotatable bonds is 3. The van der Waals surface area contributed by atoms with Gasteiger partial charge in [-0.3, -0.25) is 19.7 Å². The van der Waals surface area contributed by atoms with Crippen LogP contribution in [0.3, 0.4) is 0 Å². The Balaban J connectivity index is 1.55. The van der Waals surface area contributed by atoms with Crippen molar-refractivity contribution in [2.75, 3.05) is 13.1 Å². The fourth-order valence-corrected chi connectivity index (χ4v) is 3.76. The Bertz CT molecular complexity index is 727. The Labute approximate surface area is 145 Å². The van der Waals surface area contributed by atoms with Gasteiger partial charge in [-0.25, -0.2) is 0 Å². The number of nitrogens with one attached hydrogen (secondary N) is 2. The van der Waals surface area contributed by atoms with Gasteiger partial charge in [0.15, 0.2) is 0 Å². The topological polar surface area (TPSA) is 87.7 Å². The van der Waals surface area contributed by atoms with Gasteiger partial charge in [0.25, 0.3) is 5.91 Å². The van der Waals surface area contributed by atoms with E-state index in [1.165, 1.54) is 0 Å². The number of fused-ring (bicyclic) bond motifs is 1. The SMILES string of the molecule is O=C1CC[C@H](N2Cc3c(OC4CCNCC4)cccc3C2=O)C(=O)N1. The first kappa shape index (κ1) is 16.1. The van der Waals surface area contributed by atoms with Gasteiger partial charge in [-0.15, -0.1) is 0 Å². The molecule has 0 radical (unpaired) electrons. The maximum Gasteiger partial charge on any atom is 0.255 e. The van der Waals surface area contributed by atoms with Gasteiger partial charge in [0.05, 0.1) is 6.54 Å². The summed E-state index contributed by atoms with van der Waals surface area (Å²) in [5.74, 6) is -0.105. The molecule has 1 aromatic carbocycles. The van der Waals surface area contributed by atoms with E-state index in [2.05, 4.69) is 10.6 Å². The van der Waals surface area contributed by atoms with Crippen LogP contribution in [-0.4, -0.2) is 47.9 Å². The van der Waals surface area contributed by atoms with Crippen molar-refractivity contribution in [1.29, 1.82) is 0 Å². The Morgan fingerprint density at radius 2 is 1.88 bits per heavy atom. The molecule has 7 nitrogen and oxygen atoms in total. The monoisotopic (exact) mass is 343 g/mol. The molecule has 25 heavy (non-hydrogen) atoms. The van der Waals surface area contributed by atoms with Crippen molar-refractivity contribution in [2.24, 2.45) is 0 Å². The fourth-order valence-electron chi connectivity index (χ4n) is 3.76. The summed E-state index contributed by atoms with van der Waals surface area (Å²) in [6.07, 6.45) is 2.65. The molecule has 3 amide bonds. The zero-order valence-electron chi connectivity index (χ0n) is 13.9. The highest BCUT2D eigenvalue weighted by molar-refractivity contribution is 6.05. The first-order valence-electron chi connectivity index (χ1n) is 8.77. The zero-order valence-corrected chi connectivity index (χ0v) is 13.9. The van der Waals surface area contributed by atoms with Crippen LogP contribution in [0.15, 0.2) is 18.2 Å². The lowest BCUT2D eigenvalue weighted by molar-refractivity contribution is -0.136. The summed E-state index contributed by atoms with van der Waals surface area (Å²) in [6, 6.07) is 4.89. The fraction of sp³-hybridized carbons (Fsp3) is 0.500. The lowest BCUT2D eigenvalue weighted by Crippen LogP contribution is -2.52. The third-order valence-electron chi connectivity index (χ3n) is 5.12. The molecule has 4 rings (SSSR count). The van der Waals surface area contributed by atoms with Crippen LogP contribution in [0.4, 0.5) is 0 Å². The molecule has 2 fully saturated rings. The first-order valence-corrected chi connectivity index (χ1v) is 8.77. The summed E-state index contributed by atoms with van der Waals surface area (Å²) in [6.45, 7) is 2.21. The average molecular weight is 343 g/mol. The minimum Gasteiger partial charge on any atom is -0.490 e. The lowest BCUT2D eigenvalue weighted by atomic mass is 10.0. The van der Waals surface area contributed by atoms with Gasteiger partial charge in [0, 0.05) is 17.5 Å². The van der Waals surface area contributed by atoms with E-state index in [1.807, 2.05) is 12.1 Å². The molecule has 0 bridgehead atoms. The standard InChI is InChI=1S/C18H21N3O4/c22-16-5-4-14(17(23)20-16)21-10-13-12(18(21)24)2-1-3-15(13)25-11-6-8-19-9-7-11/h1-3,11,14,19H,4-10H2,(H,20,22,23)/t14-/m0/s1. The molecule has 0 unspecified atom stereocenters. The summed E-state index contributed by atoms with van der Waals surface area (Å²) in [5, 5.41) is 5.63. The number of hydrogen-bond acceptors (Lipinski definition) is 5. The van der Waals surface area contributed by atoms with E-state index in [0.29, 0.717) is 18.5 Å². The highest BCUT2D eigenvalue weighted by Gasteiger charge is 2.40. The largest absolute Gasteiger partial charge is 0.490 e. The molecule has 1 atom stereocenters. The molecule has 0 spiro atoms. The maximum atomic E-state index is 12.8. The minimum absolute atomic E-state index is 0.146. The van der Waals surface area contributed by atoms with Crippen LogP contribution in [0.25, 0.3) is 0 Å². The molecule has 0 aromatic heterocycles. The minimum atomic E-state index is -0.593. The van der Waals surface area contributed by atoms with Gasteiger partial charge < -0.3 is 15.0 Å². The number of amides is 3. The quantitative estimate of drug-likeness (QED) is 0.784. The van der Waals surface area contributed by atoms with Crippen LogP contribution in [0, 0.1) is 0 Å². The third-order valence-corrected chi connectivity index (χ3v) is 5.12. The van der Waals surface area contributed by atoms with Crippen molar-refractivity contribution in [1.82, 2.24) is 15.5 Å². The molecule has 3 heterocycles. The van der Waals surface area contributed by atoms with Gasteiger partial charge in [0.1, 0.15) is 17.9 Å². The zero-order chi connectivity index (χ0) is 17.4. The average Bonchev–Trinajstić information content (AvgIpc) is 2.94. The van der Waals surface area contributed by atoms with Crippen molar-refractivity contribution in [3.8, 4) is 5.75 Å². The Kier molecular flexibility index (Phi) is 4.17. The summed E-state index contributed by atoms with van der Waals surface area (Å²) < 4.78 is 6.15. The number of piperidine rings is 2. The van der Waals surface area contributed by atoms with E-state index >= 15 is 0 Å². The summed E-state index contributed by atoms with van der Waals surface area (Å²) in [4.78, 5) is 37.8. The van der Waals surface area contributed by atoms with Gasteiger partial charge in [0.2, 0.25) is 11.8 Å². The van der Waals surface area contributed by atoms with Crippen LogP contribution in [0.2, 0.25) is 0 Å². The van der Waals surface area contributed by atoms with Crippen LogP contribution in [0.5, 0.6) is 5.75 Å². The number of carbonyl (C=O) groups excluding carboxylic acids is 3. The predicted octanol–water partition coefficient (Wildman–Crippen LogP) is 0.578. The second kappa shape index (κ2) is 6.48. The maximum absolute atomic E-state index is 12.8. The molecule has 3 aliphatic rings. The smallest absolute Gasteiger partial charge is 0.255 e. The van der Waals surface area contributed by atoms with E-state index in [4.69, 9.17) is 4.74 Å². The van der Waals surface area contributed by atoms with Crippen molar-refractivity contribution >= 4 is 17.7 Å². The second-order valence-electron chi connectivity index (χ2n) is 6.75. The molecule has 1 aromatic rings. The van der Waals surface area contributed by atoms with Crippen LogP contribution in [0.1, 0.15) is 41.6 Å². The molecular weight excluding hydrogens is 322 g/mol. The molecule has 132 valence electrons. The molecule has 2 saturated heterocycles. The van der Waals surface area contributed by atoms with E-state index < -0.39 is 11.9 Å². The van der Waals surface area contributed by atoms with Crippen LogP contribution in [-0.2, 0) is 16.1 Å². The Morgan fingerprint density at radius 1 is 1.08 bits per heavy atom. The van der Waals surface area contributed by atoms with Crippen LogP contribution >= 0.6 is 0 Å². The molecule has 7 heteroatoms. The molecule has 3 aliphatic heterocycles. The number of hydrogen-bond donors (Lipinski definition) is 2. The Hall–Kier alpha value is -2.41. The summed E-state index contributed by atoms with van der Waals surface area (Å²) >= 11 is 0. The van der Waals surface area contributed by atoms with E-state index in [0.717, 1.165) is 37.2 Å². The highest BCUT2D eigenvalue weighted by atomic mass is 16.5. The second-order valence-corrected chi connectivity index (χ2v) is 6.75. The van der Waals surface area contributed by atoms with Crippen molar-refractivity contribution < 1.29 is 19.1 Å². The van der Waals surface area contributed by atoms with Crippen molar-refractivity contribution in [3.63, 3.8) is 0 Å². The van der Waals surface area contributed by atoms with Crippen LogP contribution < -0.4 is 15.4 Å².